The van der Waals surface area contributed by atoms with E-state index in [1.54, 1.807) is 6.92 Å². The smallest absolute Gasteiger partial charge is 0.416 e. The molecular weight excluding hydrogens is 347 g/mol. The number of carbonyl (C=O) groups is 1. The van der Waals surface area contributed by atoms with E-state index in [1.165, 1.54) is 12.1 Å². The van der Waals surface area contributed by atoms with E-state index in [2.05, 4.69) is 5.32 Å². The van der Waals surface area contributed by atoms with Crippen molar-refractivity contribution in [3.8, 4) is 5.75 Å². The van der Waals surface area contributed by atoms with Gasteiger partial charge in [0.25, 0.3) is 0 Å². The van der Waals surface area contributed by atoms with Crippen molar-refractivity contribution in [3.05, 3.63) is 65.7 Å². The second-order valence-electron chi connectivity index (χ2n) is 5.63. The molecule has 2 rings (SSSR count). The first-order valence-electron chi connectivity index (χ1n) is 8.08. The van der Waals surface area contributed by atoms with Crippen LogP contribution in [0.4, 0.5) is 13.2 Å². The van der Waals surface area contributed by atoms with Gasteiger partial charge in [-0.15, -0.1) is 0 Å². The summed E-state index contributed by atoms with van der Waals surface area (Å²) >= 11 is 0. The highest BCUT2D eigenvalue weighted by Crippen LogP contribution is 2.30. The van der Waals surface area contributed by atoms with Crippen LogP contribution in [0.25, 0.3) is 0 Å². The lowest BCUT2D eigenvalue weighted by Crippen LogP contribution is -2.30. The van der Waals surface area contributed by atoms with Gasteiger partial charge in [0.2, 0.25) is 5.91 Å². The summed E-state index contributed by atoms with van der Waals surface area (Å²) in [6.07, 6.45) is -4.42. The van der Waals surface area contributed by atoms with E-state index in [0.29, 0.717) is 17.9 Å². The van der Waals surface area contributed by atoms with Gasteiger partial charge in [-0.05, 0) is 36.8 Å². The Bertz CT molecular complexity index is 705. The van der Waals surface area contributed by atoms with Gasteiger partial charge < -0.3 is 14.8 Å². The van der Waals surface area contributed by atoms with E-state index >= 15 is 0 Å². The normalized spacial score (nSPS) is 12.5. The van der Waals surface area contributed by atoms with Gasteiger partial charge in [0.05, 0.1) is 18.2 Å². The zero-order valence-electron chi connectivity index (χ0n) is 14.3. The Morgan fingerprint density at radius 2 is 1.81 bits per heavy atom. The van der Waals surface area contributed by atoms with Crippen LogP contribution in [0.2, 0.25) is 0 Å². The lowest BCUT2D eigenvalue weighted by molar-refractivity contribution is -0.137. The average molecular weight is 367 g/mol. The molecule has 1 unspecified atom stereocenters. The summed E-state index contributed by atoms with van der Waals surface area (Å²) in [5, 5.41) is 2.61. The fourth-order valence-electron chi connectivity index (χ4n) is 2.25. The van der Waals surface area contributed by atoms with E-state index in [4.69, 9.17) is 9.47 Å². The molecule has 0 radical (unpaired) electrons. The Balaban J connectivity index is 1.72. The Morgan fingerprint density at radius 1 is 1.08 bits per heavy atom. The van der Waals surface area contributed by atoms with Gasteiger partial charge in [0.1, 0.15) is 19.0 Å². The predicted octanol–water partition coefficient (Wildman–Crippen LogP) is 3.98. The first kappa shape index (κ1) is 19.8. The molecule has 1 atom stereocenters. The van der Waals surface area contributed by atoms with Crippen LogP contribution in [0, 0.1) is 0 Å². The highest BCUT2D eigenvalue weighted by Gasteiger charge is 2.30. The number of hydrogen-bond acceptors (Lipinski definition) is 3. The molecule has 140 valence electrons. The molecule has 0 aliphatic rings. The van der Waals surface area contributed by atoms with Gasteiger partial charge in [-0.1, -0.05) is 30.3 Å². The number of rotatable bonds is 8. The van der Waals surface area contributed by atoms with Gasteiger partial charge in [-0.2, -0.15) is 13.2 Å². The summed E-state index contributed by atoms with van der Waals surface area (Å²) < 4.78 is 48.8. The predicted molar refractivity (Wildman–Crippen MR) is 90.8 cm³/mol. The van der Waals surface area contributed by atoms with Gasteiger partial charge in [-0.25, -0.2) is 0 Å². The first-order valence-corrected chi connectivity index (χ1v) is 8.08. The maximum Gasteiger partial charge on any atom is 0.416 e. The van der Waals surface area contributed by atoms with E-state index in [0.717, 1.165) is 12.1 Å². The van der Waals surface area contributed by atoms with Crippen LogP contribution in [-0.2, 0) is 15.7 Å². The van der Waals surface area contributed by atoms with Crippen LogP contribution in [0.3, 0.4) is 0 Å². The standard InChI is InChI=1S/C19H20F3NO3/c1-14(15-6-5-7-16(12-15)19(20,21)22)23-18(24)13-25-10-11-26-17-8-3-2-4-9-17/h2-9,12,14H,10-11,13H2,1H3,(H,23,24). The molecule has 26 heavy (non-hydrogen) atoms. The maximum absolute atomic E-state index is 12.7. The van der Waals surface area contributed by atoms with E-state index < -0.39 is 23.7 Å². The van der Waals surface area contributed by atoms with Crippen molar-refractivity contribution < 1.29 is 27.4 Å². The van der Waals surface area contributed by atoms with Crippen molar-refractivity contribution in [1.82, 2.24) is 5.32 Å². The molecule has 0 saturated heterocycles. The fourth-order valence-corrected chi connectivity index (χ4v) is 2.25. The van der Waals surface area contributed by atoms with E-state index in [-0.39, 0.29) is 13.2 Å². The number of amides is 1. The number of carbonyl (C=O) groups excluding carboxylic acids is 1. The number of hydrogen-bond donors (Lipinski definition) is 1. The van der Waals surface area contributed by atoms with Gasteiger partial charge in [-0.3, -0.25) is 4.79 Å². The zero-order chi connectivity index (χ0) is 19.0. The van der Waals surface area contributed by atoms with Crippen molar-refractivity contribution in [3.63, 3.8) is 0 Å². The van der Waals surface area contributed by atoms with Gasteiger partial charge >= 0.3 is 6.18 Å². The quantitative estimate of drug-likeness (QED) is 0.718. The number of ether oxygens (including phenoxy) is 2. The Hall–Kier alpha value is -2.54. The van der Waals surface area contributed by atoms with Gasteiger partial charge in [0, 0.05) is 0 Å². The SMILES string of the molecule is CC(NC(=O)COCCOc1ccccc1)c1cccc(C(F)(F)F)c1. The maximum atomic E-state index is 12.7. The van der Waals surface area contributed by atoms with E-state index in [9.17, 15) is 18.0 Å². The van der Waals surface area contributed by atoms with Crippen LogP contribution >= 0.6 is 0 Å². The van der Waals surface area contributed by atoms with Crippen molar-refractivity contribution in [2.75, 3.05) is 19.8 Å². The minimum atomic E-state index is -4.42. The van der Waals surface area contributed by atoms with Crippen LogP contribution in [0.15, 0.2) is 54.6 Å². The molecule has 7 heteroatoms. The average Bonchev–Trinajstić information content (AvgIpc) is 2.61. The van der Waals surface area contributed by atoms with Gasteiger partial charge in [0.15, 0.2) is 0 Å². The van der Waals surface area contributed by atoms with Crippen molar-refractivity contribution >= 4 is 5.91 Å². The molecule has 4 nitrogen and oxygen atoms in total. The van der Waals surface area contributed by atoms with Crippen LogP contribution < -0.4 is 10.1 Å². The molecule has 0 aromatic heterocycles. The number of alkyl halides is 3. The summed E-state index contributed by atoms with van der Waals surface area (Å²) in [7, 11) is 0. The van der Waals surface area contributed by atoms with Crippen LogP contribution in [0.1, 0.15) is 24.1 Å². The lowest BCUT2D eigenvalue weighted by Gasteiger charge is -2.16. The summed E-state index contributed by atoms with van der Waals surface area (Å²) in [6.45, 7) is 1.94. The number of benzene rings is 2. The summed E-state index contributed by atoms with van der Waals surface area (Å²) in [5.41, 5.74) is -0.369. The number of para-hydroxylation sites is 1. The van der Waals surface area contributed by atoms with Crippen LogP contribution in [-0.4, -0.2) is 25.7 Å². The summed E-state index contributed by atoms with van der Waals surface area (Å²) in [5.74, 6) is 0.299. The largest absolute Gasteiger partial charge is 0.491 e. The molecular formula is C19H20F3NO3. The van der Waals surface area contributed by atoms with E-state index in [1.807, 2.05) is 30.3 Å². The third-order valence-electron chi connectivity index (χ3n) is 3.56. The van der Waals surface area contributed by atoms with Crippen molar-refractivity contribution in [2.24, 2.45) is 0 Å². The molecule has 0 spiro atoms. The molecule has 0 heterocycles. The zero-order valence-corrected chi connectivity index (χ0v) is 14.3. The number of nitrogens with one attached hydrogen (secondary N) is 1. The molecule has 2 aromatic carbocycles. The molecule has 0 bridgehead atoms. The molecule has 0 saturated carbocycles. The molecule has 1 amide bonds. The van der Waals surface area contributed by atoms with Crippen molar-refractivity contribution in [2.45, 2.75) is 19.1 Å². The third kappa shape index (κ3) is 6.40. The van der Waals surface area contributed by atoms with Crippen molar-refractivity contribution in [1.29, 1.82) is 0 Å². The minimum absolute atomic E-state index is 0.193. The highest BCUT2D eigenvalue weighted by molar-refractivity contribution is 5.77. The molecule has 2 aromatic rings. The minimum Gasteiger partial charge on any atom is -0.491 e. The molecule has 1 N–H and O–H groups in total. The Morgan fingerprint density at radius 3 is 2.50 bits per heavy atom. The van der Waals surface area contributed by atoms with Crippen LogP contribution in [0.5, 0.6) is 5.75 Å². The second kappa shape index (κ2) is 9.24. The molecule has 0 aliphatic heterocycles. The molecule has 0 fully saturated rings. The topological polar surface area (TPSA) is 47.6 Å². The Labute approximate surface area is 149 Å². The number of halogens is 3. The summed E-state index contributed by atoms with van der Waals surface area (Å²) in [6, 6.07) is 13.5. The monoisotopic (exact) mass is 367 g/mol. The first-order chi connectivity index (χ1) is 12.4. The third-order valence-corrected chi connectivity index (χ3v) is 3.56. The lowest BCUT2D eigenvalue weighted by atomic mass is 10.0. The summed E-state index contributed by atoms with van der Waals surface area (Å²) in [4.78, 5) is 11.8. The Kier molecular flexibility index (Phi) is 7.03. The fraction of sp³-hybridized carbons (Fsp3) is 0.316. The highest BCUT2D eigenvalue weighted by atomic mass is 19.4. The molecule has 0 aliphatic carbocycles. The second-order valence-corrected chi connectivity index (χ2v) is 5.63.